The largest absolute Gasteiger partial charge is 0.349 e. The van der Waals surface area contributed by atoms with E-state index in [0.29, 0.717) is 5.56 Å². The van der Waals surface area contributed by atoms with Gasteiger partial charge in [-0.3, -0.25) is 9.69 Å². The van der Waals surface area contributed by atoms with Gasteiger partial charge in [0.1, 0.15) is 0 Å². The summed E-state index contributed by atoms with van der Waals surface area (Å²) in [5.74, 6) is -0.00854. The van der Waals surface area contributed by atoms with Crippen molar-refractivity contribution < 1.29 is 4.79 Å². The van der Waals surface area contributed by atoms with Crippen molar-refractivity contribution >= 4 is 5.91 Å². The minimum atomic E-state index is -0.00854. The third kappa shape index (κ3) is 7.10. The maximum atomic E-state index is 12.2. The van der Waals surface area contributed by atoms with Gasteiger partial charge < -0.3 is 5.32 Å². The third-order valence-corrected chi connectivity index (χ3v) is 4.31. The average Bonchev–Trinajstić information content (AvgIpc) is 2.61. The van der Waals surface area contributed by atoms with E-state index in [-0.39, 0.29) is 11.9 Å². The van der Waals surface area contributed by atoms with Gasteiger partial charge in [-0.05, 0) is 45.7 Å². The van der Waals surface area contributed by atoms with Crippen molar-refractivity contribution in [2.75, 3.05) is 19.6 Å². The molecule has 3 nitrogen and oxygen atoms in total. The second-order valence-electron chi connectivity index (χ2n) is 6.97. The maximum absolute atomic E-state index is 12.2. The molecule has 1 atom stereocenters. The lowest BCUT2D eigenvalue weighted by Crippen LogP contribution is -2.32. The number of nitrogens with zero attached hydrogens (tertiary/aromatic N) is 1. The van der Waals surface area contributed by atoms with Crippen LogP contribution in [0.5, 0.6) is 0 Å². The minimum absolute atomic E-state index is 0.00854. The van der Waals surface area contributed by atoms with Gasteiger partial charge in [-0.1, -0.05) is 53.6 Å². The van der Waals surface area contributed by atoms with E-state index in [1.54, 1.807) is 0 Å². The van der Waals surface area contributed by atoms with Crippen LogP contribution < -0.4 is 5.32 Å². The Morgan fingerprint density at radius 3 is 2.56 bits per heavy atom. The molecule has 1 N–H and O–H groups in total. The van der Waals surface area contributed by atoms with Crippen LogP contribution in [0.25, 0.3) is 0 Å². The molecule has 0 saturated carbocycles. The van der Waals surface area contributed by atoms with Gasteiger partial charge in [0.25, 0.3) is 5.91 Å². The van der Waals surface area contributed by atoms with Crippen molar-refractivity contribution in [2.24, 2.45) is 0 Å². The van der Waals surface area contributed by atoms with Gasteiger partial charge in [-0.15, -0.1) is 0 Å². The minimum Gasteiger partial charge on any atom is -0.349 e. The average molecular weight is 338 g/mol. The highest BCUT2D eigenvalue weighted by Gasteiger charge is 2.09. The van der Waals surface area contributed by atoms with Gasteiger partial charge in [-0.25, -0.2) is 0 Å². The van der Waals surface area contributed by atoms with Crippen molar-refractivity contribution in [3.8, 4) is 0 Å². The first-order valence-electron chi connectivity index (χ1n) is 9.11. The molecule has 134 valence electrons. The quantitative estimate of drug-likeness (QED) is 0.592. The second-order valence-corrected chi connectivity index (χ2v) is 6.97. The van der Waals surface area contributed by atoms with Crippen molar-refractivity contribution in [3.05, 3.63) is 71.3 Å². The van der Waals surface area contributed by atoms with E-state index < -0.39 is 0 Å². The first-order chi connectivity index (χ1) is 12.0. The third-order valence-electron chi connectivity index (χ3n) is 4.31. The van der Waals surface area contributed by atoms with Crippen LogP contribution in [0.4, 0.5) is 0 Å². The molecule has 25 heavy (non-hydrogen) atoms. The van der Waals surface area contributed by atoms with Crippen molar-refractivity contribution in [3.63, 3.8) is 0 Å². The van der Waals surface area contributed by atoms with E-state index in [0.717, 1.165) is 32.5 Å². The molecule has 0 bridgehead atoms. The molecular weight excluding hydrogens is 308 g/mol. The zero-order valence-corrected chi connectivity index (χ0v) is 15.7. The lowest BCUT2D eigenvalue weighted by molar-refractivity contribution is 0.0940. The van der Waals surface area contributed by atoms with Gasteiger partial charge in [0.05, 0.1) is 0 Å². The van der Waals surface area contributed by atoms with Gasteiger partial charge in [-0.2, -0.15) is 0 Å². The standard InChI is InChI=1S/C22H30N2O/c1-18(12-13-19(2)17-24-14-8-5-9-15-24)16-20(3)23-22(25)21-10-6-4-7-11-21/h4-8,10-13,20H,9,14-17H2,1-3H3,(H,23,25)/b18-12+,19-13+. The highest BCUT2D eigenvalue weighted by molar-refractivity contribution is 5.94. The van der Waals surface area contributed by atoms with Crippen LogP contribution in [0, 0.1) is 0 Å². The predicted molar refractivity (Wildman–Crippen MR) is 106 cm³/mol. The number of benzene rings is 1. The molecule has 1 amide bonds. The van der Waals surface area contributed by atoms with Gasteiger partial charge in [0.15, 0.2) is 0 Å². The summed E-state index contributed by atoms with van der Waals surface area (Å²) < 4.78 is 0. The SMILES string of the molecule is C/C(=C\C=C(/C)CN1CC=CCC1)CC(C)NC(=O)c1ccccc1. The summed E-state index contributed by atoms with van der Waals surface area (Å²) in [5, 5.41) is 3.06. The Bertz CT molecular complexity index is 643. The molecule has 2 rings (SSSR count). The molecule has 0 saturated heterocycles. The Hall–Kier alpha value is -2.13. The number of rotatable bonds is 7. The van der Waals surface area contributed by atoms with E-state index in [4.69, 9.17) is 0 Å². The lowest BCUT2D eigenvalue weighted by atomic mass is 10.1. The number of hydrogen-bond donors (Lipinski definition) is 1. The van der Waals surface area contributed by atoms with Crippen molar-refractivity contribution in [1.29, 1.82) is 0 Å². The Balaban J connectivity index is 1.80. The Morgan fingerprint density at radius 1 is 1.16 bits per heavy atom. The van der Waals surface area contributed by atoms with Gasteiger partial charge in [0.2, 0.25) is 0 Å². The van der Waals surface area contributed by atoms with E-state index in [1.807, 2.05) is 30.3 Å². The van der Waals surface area contributed by atoms with Crippen LogP contribution in [0.1, 0.15) is 44.0 Å². The topological polar surface area (TPSA) is 32.3 Å². The van der Waals surface area contributed by atoms with Crippen LogP contribution >= 0.6 is 0 Å². The molecule has 0 radical (unpaired) electrons. The number of hydrogen-bond acceptors (Lipinski definition) is 2. The van der Waals surface area contributed by atoms with E-state index >= 15 is 0 Å². The number of allylic oxidation sites excluding steroid dienone is 2. The molecule has 1 aromatic rings. The Kier molecular flexibility index (Phi) is 7.68. The van der Waals surface area contributed by atoms with Crippen LogP contribution in [-0.4, -0.2) is 36.5 Å². The van der Waals surface area contributed by atoms with Crippen molar-refractivity contribution in [1.82, 2.24) is 10.2 Å². The van der Waals surface area contributed by atoms with Crippen LogP contribution in [-0.2, 0) is 0 Å². The van der Waals surface area contributed by atoms with E-state index in [1.165, 1.54) is 11.1 Å². The second kappa shape index (κ2) is 10.00. The summed E-state index contributed by atoms with van der Waals surface area (Å²) in [6.45, 7) is 9.58. The smallest absolute Gasteiger partial charge is 0.251 e. The zero-order chi connectivity index (χ0) is 18.1. The van der Waals surface area contributed by atoms with Gasteiger partial charge >= 0.3 is 0 Å². The molecule has 1 aliphatic rings. The first kappa shape index (κ1) is 19.2. The lowest BCUT2D eigenvalue weighted by Gasteiger charge is -2.23. The summed E-state index contributed by atoms with van der Waals surface area (Å²) in [6.07, 6.45) is 10.9. The molecular formula is C22H30N2O. The Labute approximate surface area is 152 Å². The fourth-order valence-corrected chi connectivity index (χ4v) is 3.02. The highest BCUT2D eigenvalue weighted by atomic mass is 16.1. The van der Waals surface area contributed by atoms with Crippen LogP contribution in [0.2, 0.25) is 0 Å². The molecule has 3 heteroatoms. The molecule has 0 spiro atoms. The Morgan fingerprint density at radius 2 is 1.88 bits per heavy atom. The predicted octanol–water partition coefficient (Wildman–Crippen LogP) is 4.35. The molecule has 1 aliphatic heterocycles. The summed E-state index contributed by atoms with van der Waals surface area (Å²) in [6, 6.07) is 9.48. The fourth-order valence-electron chi connectivity index (χ4n) is 3.02. The molecule has 1 heterocycles. The highest BCUT2D eigenvalue weighted by Crippen LogP contribution is 2.09. The number of carbonyl (C=O) groups is 1. The molecule has 1 unspecified atom stereocenters. The summed E-state index contributed by atoms with van der Waals surface area (Å²) >= 11 is 0. The summed E-state index contributed by atoms with van der Waals surface area (Å²) in [5.41, 5.74) is 3.36. The number of amides is 1. The van der Waals surface area contributed by atoms with Gasteiger partial charge in [0, 0.05) is 31.2 Å². The van der Waals surface area contributed by atoms with Crippen molar-refractivity contribution in [2.45, 2.75) is 39.7 Å². The first-order valence-corrected chi connectivity index (χ1v) is 9.11. The number of nitrogens with one attached hydrogen (secondary N) is 1. The maximum Gasteiger partial charge on any atom is 0.251 e. The normalized spacial score (nSPS) is 17.4. The van der Waals surface area contributed by atoms with Crippen LogP contribution in [0.3, 0.4) is 0 Å². The summed E-state index contributed by atoms with van der Waals surface area (Å²) in [7, 11) is 0. The van der Waals surface area contributed by atoms with Crippen LogP contribution in [0.15, 0.2) is 65.8 Å². The molecule has 0 aliphatic carbocycles. The van der Waals surface area contributed by atoms with E-state index in [2.05, 4.69) is 55.3 Å². The molecule has 0 aromatic heterocycles. The molecule has 0 fully saturated rings. The zero-order valence-electron chi connectivity index (χ0n) is 15.7. The summed E-state index contributed by atoms with van der Waals surface area (Å²) in [4.78, 5) is 14.6. The van der Waals surface area contributed by atoms with E-state index in [9.17, 15) is 4.79 Å². The number of carbonyl (C=O) groups excluding carboxylic acids is 1. The fraction of sp³-hybridized carbons (Fsp3) is 0.409. The molecule has 1 aromatic carbocycles. The monoisotopic (exact) mass is 338 g/mol.